The van der Waals surface area contributed by atoms with Gasteiger partial charge in [-0.3, -0.25) is 4.90 Å². The van der Waals surface area contributed by atoms with Crippen LogP contribution in [0.2, 0.25) is 0 Å². The Morgan fingerprint density at radius 3 is 1.75 bits per heavy atom. The van der Waals surface area contributed by atoms with Gasteiger partial charge in [-0.1, -0.05) is 0 Å². The fourth-order valence-corrected chi connectivity index (χ4v) is 1.22. The third-order valence-electron chi connectivity index (χ3n) is 1.77. The molecule has 0 saturated heterocycles. The van der Waals surface area contributed by atoms with Gasteiger partial charge in [-0.25, -0.2) is 0 Å². The molecular formula is C9H23NO5Ti. The van der Waals surface area contributed by atoms with Crippen molar-refractivity contribution in [2.24, 2.45) is 0 Å². The van der Waals surface area contributed by atoms with E-state index in [9.17, 15) is 0 Å². The second-order valence-electron chi connectivity index (χ2n) is 3.31. The molecule has 0 radical (unpaired) electrons. The van der Waals surface area contributed by atoms with Crippen LogP contribution in [0.3, 0.4) is 0 Å². The van der Waals surface area contributed by atoms with Crippen molar-refractivity contribution in [3.8, 4) is 0 Å². The first-order valence-electron chi connectivity index (χ1n) is 4.87. The van der Waals surface area contributed by atoms with E-state index in [0.29, 0.717) is 13.1 Å². The van der Waals surface area contributed by atoms with Crippen molar-refractivity contribution < 1.29 is 47.3 Å². The van der Waals surface area contributed by atoms with Crippen LogP contribution in [0.5, 0.6) is 0 Å². The number of aliphatic hydroxyl groups excluding tert-OH is 3. The number of rotatable bonds is 8. The first-order chi connectivity index (χ1) is 6.65. The van der Waals surface area contributed by atoms with Crippen molar-refractivity contribution in [3.63, 3.8) is 0 Å². The summed E-state index contributed by atoms with van der Waals surface area (Å²) in [6.07, 6.45) is -0.443. The van der Waals surface area contributed by atoms with Gasteiger partial charge in [-0.05, 0) is 13.8 Å². The molecule has 5 N–H and O–H groups in total. The van der Waals surface area contributed by atoms with Crippen LogP contribution in [0.4, 0.5) is 0 Å². The van der Waals surface area contributed by atoms with E-state index in [4.69, 9.17) is 20.1 Å². The van der Waals surface area contributed by atoms with E-state index in [0.717, 1.165) is 0 Å². The SMILES string of the molecule is CC(C)OC(CO)N(CCO)CCO.O.[Ti]. The van der Waals surface area contributed by atoms with Crippen LogP contribution in [0.1, 0.15) is 13.8 Å². The largest absolute Gasteiger partial charge is 0.412 e. The smallest absolute Gasteiger partial charge is 0.134 e. The average molecular weight is 273 g/mol. The summed E-state index contributed by atoms with van der Waals surface area (Å²) in [6.45, 7) is 4.35. The monoisotopic (exact) mass is 273 g/mol. The molecule has 0 amide bonds. The molecular weight excluding hydrogens is 250 g/mol. The topological polar surface area (TPSA) is 105 Å². The van der Waals surface area contributed by atoms with Crippen molar-refractivity contribution in [1.82, 2.24) is 4.90 Å². The molecule has 0 heterocycles. The van der Waals surface area contributed by atoms with Crippen LogP contribution < -0.4 is 0 Å². The van der Waals surface area contributed by atoms with Crippen molar-refractivity contribution in [3.05, 3.63) is 0 Å². The predicted molar refractivity (Wildman–Crippen MR) is 56.5 cm³/mol. The molecule has 16 heavy (non-hydrogen) atoms. The molecule has 0 saturated carbocycles. The van der Waals surface area contributed by atoms with Crippen molar-refractivity contribution >= 4 is 0 Å². The van der Waals surface area contributed by atoms with E-state index < -0.39 is 6.23 Å². The van der Waals surface area contributed by atoms with Gasteiger partial charge in [0, 0.05) is 34.8 Å². The third kappa shape index (κ3) is 9.68. The van der Waals surface area contributed by atoms with Gasteiger partial charge in [0.25, 0.3) is 0 Å². The Bertz CT molecular complexity index is 133. The van der Waals surface area contributed by atoms with Gasteiger partial charge in [0.1, 0.15) is 6.23 Å². The number of nitrogens with zero attached hydrogens (tertiary/aromatic N) is 1. The molecule has 6 nitrogen and oxygen atoms in total. The zero-order chi connectivity index (χ0) is 11.0. The maximum atomic E-state index is 9.07. The Kier molecular flexibility index (Phi) is 18.4. The van der Waals surface area contributed by atoms with Crippen LogP contribution in [-0.4, -0.2) is 70.9 Å². The zero-order valence-corrected chi connectivity index (χ0v) is 11.4. The molecule has 0 aliphatic heterocycles. The van der Waals surface area contributed by atoms with E-state index in [1.165, 1.54) is 0 Å². The molecule has 0 rings (SSSR count). The molecule has 0 bridgehead atoms. The maximum absolute atomic E-state index is 9.07. The number of ether oxygens (including phenoxy) is 1. The van der Waals surface area contributed by atoms with E-state index in [2.05, 4.69) is 0 Å². The summed E-state index contributed by atoms with van der Waals surface area (Å²) in [5.74, 6) is 0. The molecule has 0 spiro atoms. The number of hydrogen-bond acceptors (Lipinski definition) is 5. The van der Waals surface area contributed by atoms with Gasteiger partial charge < -0.3 is 25.5 Å². The van der Waals surface area contributed by atoms with Gasteiger partial charge in [0.2, 0.25) is 0 Å². The van der Waals surface area contributed by atoms with Gasteiger partial charge in [-0.2, -0.15) is 0 Å². The van der Waals surface area contributed by atoms with E-state index in [1.54, 1.807) is 4.90 Å². The first-order valence-corrected chi connectivity index (χ1v) is 4.87. The van der Waals surface area contributed by atoms with E-state index in [-0.39, 0.29) is 53.1 Å². The molecule has 0 aliphatic rings. The molecule has 98 valence electrons. The predicted octanol–water partition coefficient (Wildman–Crippen LogP) is -1.81. The molecule has 0 fully saturated rings. The van der Waals surface area contributed by atoms with Gasteiger partial charge in [0.15, 0.2) is 0 Å². The van der Waals surface area contributed by atoms with Crippen LogP contribution in [0.15, 0.2) is 0 Å². The zero-order valence-electron chi connectivity index (χ0n) is 9.89. The summed E-state index contributed by atoms with van der Waals surface area (Å²) in [6, 6.07) is 0. The van der Waals surface area contributed by atoms with E-state index in [1.807, 2.05) is 13.8 Å². The quantitative estimate of drug-likeness (QED) is 0.357. The molecule has 0 aromatic carbocycles. The summed E-state index contributed by atoms with van der Waals surface area (Å²) >= 11 is 0. The van der Waals surface area contributed by atoms with Gasteiger partial charge in [0.05, 0.1) is 25.9 Å². The summed E-state index contributed by atoms with van der Waals surface area (Å²) in [7, 11) is 0. The van der Waals surface area contributed by atoms with Crippen molar-refractivity contribution in [2.45, 2.75) is 26.2 Å². The normalized spacial score (nSPS) is 12.2. The number of aliphatic hydroxyl groups is 3. The Balaban J connectivity index is -0.000000845. The van der Waals surface area contributed by atoms with Crippen LogP contribution in [-0.2, 0) is 26.5 Å². The summed E-state index contributed by atoms with van der Waals surface area (Å²) < 4.78 is 5.42. The summed E-state index contributed by atoms with van der Waals surface area (Å²) in [5.41, 5.74) is 0. The van der Waals surface area contributed by atoms with Crippen molar-refractivity contribution in [2.75, 3.05) is 32.9 Å². The fraction of sp³-hybridized carbons (Fsp3) is 1.00. The molecule has 7 heteroatoms. The molecule has 1 unspecified atom stereocenters. The molecule has 0 aliphatic carbocycles. The number of hydrogen-bond donors (Lipinski definition) is 3. The second kappa shape index (κ2) is 13.5. The molecule has 0 aromatic heterocycles. The summed E-state index contributed by atoms with van der Waals surface area (Å²) in [4.78, 5) is 1.71. The Morgan fingerprint density at radius 1 is 1.06 bits per heavy atom. The average Bonchev–Trinajstić information content (AvgIpc) is 2.13. The van der Waals surface area contributed by atoms with Crippen LogP contribution in [0.25, 0.3) is 0 Å². The van der Waals surface area contributed by atoms with Crippen LogP contribution in [0, 0.1) is 0 Å². The van der Waals surface area contributed by atoms with Crippen molar-refractivity contribution in [1.29, 1.82) is 0 Å². The minimum Gasteiger partial charge on any atom is -0.412 e. The summed E-state index contributed by atoms with van der Waals surface area (Å²) in [5, 5.41) is 26.6. The minimum atomic E-state index is -0.450. The molecule has 0 aromatic rings. The molecule has 1 atom stereocenters. The maximum Gasteiger partial charge on any atom is 0.134 e. The Morgan fingerprint density at radius 2 is 1.50 bits per heavy atom. The first kappa shape index (κ1) is 21.7. The van der Waals surface area contributed by atoms with Gasteiger partial charge >= 0.3 is 0 Å². The third-order valence-corrected chi connectivity index (χ3v) is 1.77. The minimum absolute atomic E-state index is 0. The Labute approximate surface area is 111 Å². The standard InChI is InChI=1S/C9H21NO4.H2O.Ti/c1-8(2)14-9(7-13)10(3-5-11)4-6-12;;/h8-9,11-13H,3-7H2,1-2H3;1H2;. The van der Waals surface area contributed by atoms with E-state index >= 15 is 0 Å². The van der Waals surface area contributed by atoms with Gasteiger partial charge in [-0.15, -0.1) is 0 Å². The Hall–Kier alpha value is 0.474. The van der Waals surface area contributed by atoms with Crippen LogP contribution >= 0.6 is 0 Å². The second-order valence-corrected chi connectivity index (χ2v) is 3.31. The fourth-order valence-electron chi connectivity index (χ4n) is 1.22.